The van der Waals surface area contributed by atoms with Crippen LogP contribution in [-0.4, -0.2) is 32.4 Å². The first-order chi connectivity index (χ1) is 17.0. The minimum Gasteiger partial charge on any atom is -0.490 e. The lowest BCUT2D eigenvalue weighted by molar-refractivity contribution is -0.239. The molecule has 2 bridgehead atoms. The van der Waals surface area contributed by atoms with Gasteiger partial charge in [-0.15, -0.1) is 0 Å². The Hall–Kier alpha value is -3.29. The third kappa shape index (κ3) is 5.36. The highest BCUT2D eigenvalue weighted by molar-refractivity contribution is 5.86. The van der Waals surface area contributed by atoms with E-state index in [0.29, 0.717) is 28.8 Å². The van der Waals surface area contributed by atoms with Gasteiger partial charge in [-0.05, 0) is 68.0 Å². The van der Waals surface area contributed by atoms with Gasteiger partial charge in [-0.1, -0.05) is 30.9 Å². The summed E-state index contributed by atoms with van der Waals surface area (Å²) in [5.74, 6) is 1.55. The Morgan fingerprint density at radius 2 is 1.66 bits per heavy atom. The molecule has 5 rings (SSSR count). The molecule has 2 unspecified atom stereocenters. The van der Waals surface area contributed by atoms with Crippen LogP contribution in [0.4, 0.5) is 11.4 Å². The number of carbonyl (C=O) groups excluding carboxylic acids is 1. The maximum atomic E-state index is 11.3. The normalized spacial score (nSPS) is 26.9. The van der Waals surface area contributed by atoms with Crippen molar-refractivity contribution in [3.05, 3.63) is 78.4 Å². The van der Waals surface area contributed by atoms with E-state index < -0.39 is 5.97 Å². The van der Waals surface area contributed by atoms with E-state index in [0.717, 1.165) is 24.5 Å². The summed E-state index contributed by atoms with van der Waals surface area (Å²) in [5.41, 5.74) is 2.99. The third-order valence-corrected chi connectivity index (χ3v) is 6.89. The van der Waals surface area contributed by atoms with Gasteiger partial charge in [0.2, 0.25) is 0 Å². The van der Waals surface area contributed by atoms with Gasteiger partial charge in [0.25, 0.3) is 0 Å². The van der Waals surface area contributed by atoms with E-state index in [2.05, 4.69) is 29.0 Å². The Morgan fingerprint density at radius 3 is 2.23 bits per heavy atom. The average Bonchev–Trinajstić information content (AvgIpc) is 3.48. The third-order valence-electron chi connectivity index (χ3n) is 6.89. The van der Waals surface area contributed by atoms with Gasteiger partial charge in [-0.2, -0.15) is 10.2 Å². The number of esters is 1. The summed E-state index contributed by atoms with van der Waals surface area (Å²) < 4.78 is 22.8. The lowest BCUT2D eigenvalue weighted by atomic mass is 9.76. The number of fused-ring (bicyclic) bond motifs is 3. The molecule has 182 valence electrons. The summed E-state index contributed by atoms with van der Waals surface area (Å²) in [6.07, 6.45) is 6.81. The van der Waals surface area contributed by atoms with Gasteiger partial charge < -0.3 is 18.9 Å². The van der Waals surface area contributed by atoms with Crippen LogP contribution in [0.3, 0.4) is 0 Å². The highest BCUT2D eigenvalue weighted by Gasteiger charge is 2.51. The molecule has 2 atom stereocenters. The predicted molar refractivity (Wildman–Crippen MR) is 131 cm³/mol. The maximum absolute atomic E-state index is 11.3. The van der Waals surface area contributed by atoms with Gasteiger partial charge in [-0.3, -0.25) is 0 Å². The van der Waals surface area contributed by atoms with Crippen LogP contribution in [0.15, 0.2) is 83.1 Å². The number of hydrogen-bond acceptors (Lipinski definition) is 7. The Labute approximate surface area is 205 Å². The number of nitrogens with zero attached hydrogens (tertiary/aromatic N) is 2. The SMILES string of the molecule is C=C(C)C(=O)OCCOc1ccc(N=Nc2ccc(C3OCC4(CO3)CC3C=CC4C3)cc2)cc1. The molecule has 2 fully saturated rings. The zero-order chi connectivity index (χ0) is 24.3. The van der Waals surface area contributed by atoms with Gasteiger partial charge >= 0.3 is 5.97 Å². The fraction of sp³-hybridized carbons (Fsp3) is 0.393. The number of allylic oxidation sites excluding steroid dienone is 2. The van der Waals surface area contributed by atoms with E-state index in [1.807, 2.05) is 36.4 Å². The predicted octanol–water partition coefficient (Wildman–Crippen LogP) is 6.23. The average molecular weight is 475 g/mol. The number of hydrogen-bond donors (Lipinski definition) is 0. The van der Waals surface area contributed by atoms with E-state index in [1.54, 1.807) is 19.1 Å². The summed E-state index contributed by atoms with van der Waals surface area (Å²) in [7, 11) is 0. The summed E-state index contributed by atoms with van der Waals surface area (Å²) in [5, 5.41) is 8.61. The molecule has 0 amide bonds. The summed E-state index contributed by atoms with van der Waals surface area (Å²) in [6, 6.07) is 15.0. The maximum Gasteiger partial charge on any atom is 0.333 e. The second-order valence-corrected chi connectivity index (χ2v) is 9.56. The van der Waals surface area contributed by atoms with Crippen LogP contribution in [0, 0.1) is 17.3 Å². The number of azo groups is 1. The van der Waals surface area contributed by atoms with Crippen molar-refractivity contribution < 1.29 is 23.7 Å². The van der Waals surface area contributed by atoms with Crippen molar-refractivity contribution in [2.45, 2.75) is 26.1 Å². The van der Waals surface area contributed by atoms with Crippen molar-refractivity contribution in [3.8, 4) is 5.75 Å². The lowest BCUT2D eigenvalue weighted by Crippen LogP contribution is -2.41. The molecule has 1 saturated heterocycles. The smallest absolute Gasteiger partial charge is 0.333 e. The molecule has 0 N–H and O–H groups in total. The molecule has 2 aliphatic carbocycles. The minimum atomic E-state index is -0.419. The molecule has 7 nitrogen and oxygen atoms in total. The molecule has 2 aromatic rings. The van der Waals surface area contributed by atoms with Gasteiger partial charge in [0.1, 0.15) is 19.0 Å². The number of carbonyl (C=O) groups is 1. The zero-order valence-corrected chi connectivity index (χ0v) is 19.9. The molecule has 0 radical (unpaired) electrons. The van der Waals surface area contributed by atoms with Crippen molar-refractivity contribution in [3.63, 3.8) is 0 Å². The number of benzene rings is 2. The molecule has 2 aromatic carbocycles. The van der Waals surface area contributed by atoms with Crippen LogP contribution >= 0.6 is 0 Å². The standard InChI is InChI=1S/C28H30N2O5/c1-19(2)26(31)33-14-13-32-25-11-9-24(10-12-25)30-29-23-7-4-21(5-8-23)27-34-17-28(18-35-27)16-20-3-6-22(28)15-20/h3-12,20,22,27H,1,13-18H2,2H3. The van der Waals surface area contributed by atoms with Crippen LogP contribution in [0.25, 0.3) is 0 Å². The molecule has 0 aromatic heterocycles. The molecule has 1 aliphatic heterocycles. The molecule has 35 heavy (non-hydrogen) atoms. The Bertz CT molecular complexity index is 1120. The quantitative estimate of drug-likeness (QED) is 0.149. The molecular formula is C28H30N2O5. The van der Waals surface area contributed by atoms with Crippen LogP contribution in [0.5, 0.6) is 5.75 Å². The molecule has 1 spiro atoms. The van der Waals surface area contributed by atoms with Gasteiger partial charge in [0, 0.05) is 16.6 Å². The fourth-order valence-corrected chi connectivity index (χ4v) is 4.99. The number of ether oxygens (including phenoxy) is 4. The zero-order valence-electron chi connectivity index (χ0n) is 19.9. The lowest BCUT2D eigenvalue weighted by Gasteiger charge is -2.41. The first-order valence-electron chi connectivity index (χ1n) is 12.0. The van der Waals surface area contributed by atoms with Crippen molar-refractivity contribution in [2.75, 3.05) is 26.4 Å². The van der Waals surface area contributed by atoms with E-state index in [4.69, 9.17) is 18.9 Å². The molecule has 1 saturated carbocycles. The van der Waals surface area contributed by atoms with Crippen LogP contribution in [0.1, 0.15) is 31.6 Å². The summed E-state index contributed by atoms with van der Waals surface area (Å²) >= 11 is 0. The number of rotatable bonds is 8. The van der Waals surface area contributed by atoms with Crippen molar-refractivity contribution in [1.82, 2.24) is 0 Å². The Kier molecular flexibility index (Phi) is 6.79. The molecule has 7 heteroatoms. The van der Waals surface area contributed by atoms with Crippen LogP contribution < -0.4 is 4.74 Å². The highest BCUT2D eigenvalue weighted by Crippen LogP contribution is 2.54. The van der Waals surface area contributed by atoms with Gasteiger partial charge in [-0.25, -0.2) is 4.79 Å². The Morgan fingerprint density at radius 1 is 1.00 bits per heavy atom. The molecule has 1 heterocycles. The van der Waals surface area contributed by atoms with Gasteiger partial charge in [0.15, 0.2) is 6.29 Å². The van der Waals surface area contributed by atoms with E-state index in [-0.39, 0.29) is 24.9 Å². The van der Waals surface area contributed by atoms with Crippen molar-refractivity contribution in [1.29, 1.82) is 0 Å². The minimum absolute atomic E-state index is 0.166. The topological polar surface area (TPSA) is 78.7 Å². The second-order valence-electron chi connectivity index (χ2n) is 9.56. The molecular weight excluding hydrogens is 444 g/mol. The fourth-order valence-electron chi connectivity index (χ4n) is 4.99. The van der Waals surface area contributed by atoms with Crippen molar-refractivity contribution >= 4 is 17.3 Å². The monoisotopic (exact) mass is 474 g/mol. The molecule has 3 aliphatic rings. The van der Waals surface area contributed by atoms with Crippen LogP contribution in [-0.2, 0) is 19.0 Å². The van der Waals surface area contributed by atoms with E-state index in [1.165, 1.54) is 12.8 Å². The second kappa shape index (κ2) is 10.1. The van der Waals surface area contributed by atoms with Crippen LogP contribution in [0.2, 0.25) is 0 Å². The van der Waals surface area contributed by atoms with Gasteiger partial charge in [0.05, 0.1) is 24.6 Å². The largest absolute Gasteiger partial charge is 0.490 e. The summed E-state index contributed by atoms with van der Waals surface area (Å²) in [6.45, 7) is 7.08. The summed E-state index contributed by atoms with van der Waals surface area (Å²) in [4.78, 5) is 11.3. The Balaban J connectivity index is 1.09. The first-order valence-corrected chi connectivity index (χ1v) is 12.0. The van der Waals surface area contributed by atoms with Crippen molar-refractivity contribution in [2.24, 2.45) is 27.5 Å². The van der Waals surface area contributed by atoms with E-state index in [9.17, 15) is 4.79 Å². The first kappa shape index (κ1) is 23.5. The highest BCUT2D eigenvalue weighted by atomic mass is 16.7. The van der Waals surface area contributed by atoms with E-state index >= 15 is 0 Å².